The molecule has 0 aliphatic heterocycles. The van der Waals surface area contributed by atoms with E-state index in [0.29, 0.717) is 5.92 Å². The van der Waals surface area contributed by atoms with Crippen molar-refractivity contribution in [2.75, 3.05) is 0 Å². The molecule has 0 aliphatic rings. The molecule has 0 aromatic rings. The van der Waals surface area contributed by atoms with Crippen molar-refractivity contribution in [1.82, 2.24) is 0 Å². The van der Waals surface area contributed by atoms with E-state index in [1.807, 2.05) is 0 Å². The SMILES string of the molecule is C=C(C)C(C)CCCC=CC. The zero-order valence-electron chi connectivity index (χ0n) is 8.06. The first kappa shape index (κ1) is 10.5. The highest BCUT2D eigenvalue weighted by atomic mass is 14.1. The minimum atomic E-state index is 0.695. The van der Waals surface area contributed by atoms with Gasteiger partial charge in [0, 0.05) is 0 Å². The Morgan fingerprint density at radius 2 is 2.18 bits per heavy atom. The van der Waals surface area contributed by atoms with Crippen molar-refractivity contribution in [2.24, 2.45) is 5.92 Å². The fourth-order valence-corrected chi connectivity index (χ4v) is 0.955. The molecule has 1 atom stereocenters. The quantitative estimate of drug-likeness (QED) is 0.413. The molecule has 11 heavy (non-hydrogen) atoms. The summed E-state index contributed by atoms with van der Waals surface area (Å²) < 4.78 is 0. The first-order chi connectivity index (χ1) is 5.18. The summed E-state index contributed by atoms with van der Waals surface area (Å²) in [7, 11) is 0. The van der Waals surface area contributed by atoms with Gasteiger partial charge in [-0.15, -0.1) is 0 Å². The summed E-state index contributed by atoms with van der Waals surface area (Å²) in [6, 6.07) is 0. The molecule has 0 nitrogen and oxygen atoms in total. The first-order valence-corrected chi connectivity index (χ1v) is 4.45. The second-order valence-electron chi connectivity index (χ2n) is 3.25. The van der Waals surface area contributed by atoms with Gasteiger partial charge in [-0.2, -0.15) is 0 Å². The van der Waals surface area contributed by atoms with Gasteiger partial charge in [0.1, 0.15) is 0 Å². The molecule has 0 fully saturated rings. The highest BCUT2D eigenvalue weighted by molar-refractivity contribution is 4.93. The lowest BCUT2D eigenvalue weighted by molar-refractivity contribution is 0.585. The number of allylic oxidation sites excluding steroid dienone is 3. The van der Waals surface area contributed by atoms with Gasteiger partial charge in [0.25, 0.3) is 0 Å². The standard InChI is InChI=1S/C11H20/c1-5-6-7-8-9-11(4)10(2)3/h5-6,11H,2,7-9H2,1,3-4H3. The Hall–Kier alpha value is -0.520. The van der Waals surface area contributed by atoms with Gasteiger partial charge < -0.3 is 0 Å². The van der Waals surface area contributed by atoms with E-state index in [1.54, 1.807) is 0 Å². The van der Waals surface area contributed by atoms with Gasteiger partial charge in [0.05, 0.1) is 0 Å². The normalized spacial score (nSPS) is 13.7. The molecule has 0 saturated carbocycles. The zero-order chi connectivity index (χ0) is 8.69. The summed E-state index contributed by atoms with van der Waals surface area (Å²) in [4.78, 5) is 0. The van der Waals surface area contributed by atoms with E-state index in [-0.39, 0.29) is 0 Å². The van der Waals surface area contributed by atoms with Crippen LogP contribution in [-0.2, 0) is 0 Å². The second kappa shape index (κ2) is 6.21. The maximum atomic E-state index is 3.94. The molecule has 0 N–H and O–H groups in total. The third kappa shape index (κ3) is 5.90. The lowest BCUT2D eigenvalue weighted by atomic mass is 9.98. The largest absolute Gasteiger partial charge is 0.0999 e. The van der Waals surface area contributed by atoms with Crippen LogP contribution in [0.5, 0.6) is 0 Å². The predicted molar refractivity (Wildman–Crippen MR) is 52.6 cm³/mol. The van der Waals surface area contributed by atoms with Crippen molar-refractivity contribution >= 4 is 0 Å². The van der Waals surface area contributed by atoms with Crippen molar-refractivity contribution in [1.29, 1.82) is 0 Å². The Bertz CT molecular complexity index is 131. The lowest BCUT2D eigenvalue weighted by Crippen LogP contribution is -1.94. The topological polar surface area (TPSA) is 0 Å². The molecule has 0 bridgehead atoms. The molecule has 1 unspecified atom stereocenters. The minimum absolute atomic E-state index is 0.695. The molecule has 0 heteroatoms. The van der Waals surface area contributed by atoms with Crippen molar-refractivity contribution in [3.63, 3.8) is 0 Å². The van der Waals surface area contributed by atoms with E-state index in [0.717, 1.165) is 0 Å². The molecule has 0 aliphatic carbocycles. The van der Waals surface area contributed by atoms with Crippen LogP contribution in [0.1, 0.15) is 40.0 Å². The molecule has 0 amide bonds. The van der Waals surface area contributed by atoms with Crippen LogP contribution in [-0.4, -0.2) is 0 Å². The van der Waals surface area contributed by atoms with Crippen molar-refractivity contribution in [2.45, 2.75) is 40.0 Å². The van der Waals surface area contributed by atoms with Crippen LogP contribution in [0.4, 0.5) is 0 Å². The van der Waals surface area contributed by atoms with Crippen LogP contribution in [0.15, 0.2) is 24.3 Å². The molecule has 0 saturated heterocycles. The fraction of sp³-hybridized carbons (Fsp3) is 0.636. The van der Waals surface area contributed by atoms with Crippen molar-refractivity contribution in [3.05, 3.63) is 24.3 Å². The number of hydrogen-bond donors (Lipinski definition) is 0. The van der Waals surface area contributed by atoms with Crippen LogP contribution < -0.4 is 0 Å². The molecule has 64 valence electrons. The van der Waals surface area contributed by atoms with Gasteiger partial charge in [-0.3, -0.25) is 0 Å². The second-order valence-corrected chi connectivity index (χ2v) is 3.25. The smallest absolute Gasteiger partial charge is 0.0237 e. The highest BCUT2D eigenvalue weighted by Gasteiger charge is 1.99. The van der Waals surface area contributed by atoms with Crippen LogP contribution in [0.25, 0.3) is 0 Å². The monoisotopic (exact) mass is 152 g/mol. The van der Waals surface area contributed by atoms with Gasteiger partial charge in [-0.05, 0) is 39.0 Å². The third-order valence-corrected chi connectivity index (χ3v) is 2.08. The predicted octanol–water partition coefficient (Wildman–Crippen LogP) is 3.95. The average molecular weight is 152 g/mol. The van der Waals surface area contributed by atoms with Gasteiger partial charge in [-0.25, -0.2) is 0 Å². The molecule has 0 rings (SSSR count). The summed E-state index contributed by atoms with van der Waals surface area (Å²) in [5.41, 5.74) is 1.31. The Balaban J connectivity index is 3.31. The Morgan fingerprint density at radius 3 is 2.64 bits per heavy atom. The van der Waals surface area contributed by atoms with E-state index in [2.05, 4.69) is 39.5 Å². The maximum absolute atomic E-state index is 3.94. The van der Waals surface area contributed by atoms with Gasteiger partial charge >= 0.3 is 0 Å². The molecular formula is C11H20. The van der Waals surface area contributed by atoms with Crippen LogP contribution in [0.2, 0.25) is 0 Å². The molecule has 0 radical (unpaired) electrons. The average Bonchev–Trinajstić information content (AvgIpc) is 1.97. The number of hydrogen-bond acceptors (Lipinski definition) is 0. The van der Waals surface area contributed by atoms with Gasteiger partial charge in [0.15, 0.2) is 0 Å². The first-order valence-electron chi connectivity index (χ1n) is 4.45. The summed E-state index contributed by atoms with van der Waals surface area (Å²) in [5.74, 6) is 0.695. The summed E-state index contributed by atoms with van der Waals surface area (Å²) in [5, 5.41) is 0. The van der Waals surface area contributed by atoms with E-state index >= 15 is 0 Å². The molecular weight excluding hydrogens is 132 g/mol. The maximum Gasteiger partial charge on any atom is -0.0237 e. The van der Waals surface area contributed by atoms with E-state index in [9.17, 15) is 0 Å². The summed E-state index contributed by atoms with van der Waals surface area (Å²) in [6.07, 6.45) is 8.13. The summed E-state index contributed by atoms with van der Waals surface area (Å²) in [6.45, 7) is 10.4. The van der Waals surface area contributed by atoms with Crippen molar-refractivity contribution in [3.8, 4) is 0 Å². The van der Waals surface area contributed by atoms with E-state index < -0.39 is 0 Å². The Morgan fingerprint density at radius 1 is 1.55 bits per heavy atom. The van der Waals surface area contributed by atoms with E-state index in [4.69, 9.17) is 0 Å². The zero-order valence-corrected chi connectivity index (χ0v) is 8.06. The van der Waals surface area contributed by atoms with E-state index in [1.165, 1.54) is 24.8 Å². The molecule has 0 aromatic heterocycles. The minimum Gasteiger partial charge on any atom is -0.0999 e. The van der Waals surface area contributed by atoms with Gasteiger partial charge in [0.2, 0.25) is 0 Å². The summed E-state index contributed by atoms with van der Waals surface area (Å²) >= 11 is 0. The molecule has 0 aromatic carbocycles. The van der Waals surface area contributed by atoms with Crippen LogP contribution in [0, 0.1) is 5.92 Å². The van der Waals surface area contributed by atoms with Gasteiger partial charge in [-0.1, -0.05) is 31.2 Å². The van der Waals surface area contributed by atoms with Crippen molar-refractivity contribution < 1.29 is 0 Å². The highest BCUT2D eigenvalue weighted by Crippen LogP contribution is 2.14. The Labute approximate surface area is 71.0 Å². The number of rotatable bonds is 5. The molecule has 0 heterocycles. The fourth-order valence-electron chi connectivity index (χ4n) is 0.955. The Kier molecular flexibility index (Phi) is 5.91. The van der Waals surface area contributed by atoms with Crippen LogP contribution >= 0.6 is 0 Å². The third-order valence-electron chi connectivity index (χ3n) is 2.08. The van der Waals surface area contributed by atoms with Crippen LogP contribution in [0.3, 0.4) is 0 Å². The number of unbranched alkanes of at least 4 members (excludes halogenated alkanes) is 1. The lowest BCUT2D eigenvalue weighted by Gasteiger charge is -2.08. The molecule has 0 spiro atoms.